The summed E-state index contributed by atoms with van der Waals surface area (Å²) in [6.07, 6.45) is 2.67. The molecule has 5 heteroatoms. The Hall–Kier alpha value is -1.49. The molecule has 0 saturated carbocycles. The fourth-order valence-corrected chi connectivity index (χ4v) is 2.43. The zero-order chi connectivity index (χ0) is 12.3. The maximum atomic E-state index is 5.78. The second-order valence-corrected chi connectivity index (χ2v) is 4.95. The zero-order valence-corrected chi connectivity index (χ0v) is 10.9. The number of aromatic nitrogens is 3. The lowest BCUT2D eigenvalue weighted by Gasteiger charge is -2.03. The number of nitrogens with zero attached hydrogens (tertiary/aromatic N) is 3. The Morgan fingerprint density at radius 1 is 1.29 bits per heavy atom. The molecule has 0 aliphatic heterocycles. The highest BCUT2D eigenvalue weighted by molar-refractivity contribution is 7.09. The summed E-state index contributed by atoms with van der Waals surface area (Å²) in [6, 6.07) is 1.85. The molecule has 0 unspecified atom stereocenters. The van der Waals surface area contributed by atoms with Crippen LogP contribution in [-0.4, -0.2) is 15.0 Å². The number of nitrogen functional groups attached to an aromatic ring is 1. The van der Waals surface area contributed by atoms with Crippen molar-refractivity contribution in [2.24, 2.45) is 0 Å². The van der Waals surface area contributed by atoms with Crippen LogP contribution in [0.2, 0.25) is 0 Å². The van der Waals surface area contributed by atoms with E-state index in [0.29, 0.717) is 12.2 Å². The Bertz CT molecular complexity index is 507. The predicted octanol–water partition coefficient (Wildman–Crippen LogP) is 2.37. The molecule has 90 valence electrons. The predicted molar refractivity (Wildman–Crippen MR) is 70.1 cm³/mol. The molecule has 0 amide bonds. The van der Waals surface area contributed by atoms with Gasteiger partial charge in [-0.1, -0.05) is 13.3 Å². The van der Waals surface area contributed by atoms with Crippen molar-refractivity contribution in [1.29, 1.82) is 0 Å². The van der Waals surface area contributed by atoms with E-state index < -0.39 is 0 Å². The van der Waals surface area contributed by atoms with Crippen molar-refractivity contribution in [2.45, 2.75) is 33.1 Å². The van der Waals surface area contributed by atoms with Crippen LogP contribution in [-0.2, 0) is 12.8 Å². The van der Waals surface area contributed by atoms with Crippen LogP contribution in [0.1, 0.15) is 35.6 Å². The Kier molecular flexibility index (Phi) is 3.68. The number of hydrogen-bond acceptors (Lipinski definition) is 5. The Balaban J connectivity index is 2.20. The molecule has 2 aromatic rings. The first kappa shape index (κ1) is 12.0. The molecule has 0 aliphatic carbocycles. The van der Waals surface area contributed by atoms with E-state index in [1.165, 1.54) is 0 Å². The van der Waals surface area contributed by atoms with Gasteiger partial charge in [-0.3, -0.25) is 0 Å². The molecule has 0 radical (unpaired) electrons. The molecule has 4 nitrogen and oxygen atoms in total. The molecule has 0 atom stereocenters. The van der Waals surface area contributed by atoms with Crippen molar-refractivity contribution >= 4 is 17.2 Å². The van der Waals surface area contributed by atoms with Gasteiger partial charge in [0.25, 0.3) is 0 Å². The van der Waals surface area contributed by atoms with E-state index in [0.717, 1.165) is 35.1 Å². The minimum absolute atomic E-state index is 0.548. The number of rotatable bonds is 4. The number of thiazole rings is 1. The second kappa shape index (κ2) is 5.23. The standard InChI is InChI=1S/C12H16N4S/c1-3-4-9-5-10(13)16-11(15-9)6-12-14-8(2)7-17-12/h5,7H,3-4,6H2,1-2H3,(H2,13,15,16). The molecule has 0 spiro atoms. The number of anilines is 1. The van der Waals surface area contributed by atoms with Crippen LogP contribution in [0.25, 0.3) is 0 Å². The minimum atomic E-state index is 0.548. The van der Waals surface area contributed by atoms with E-state index >= 15 is 0 Å². The Morgan fingerprint density at radius 2 is 2.12 bits per heavy atom. The highest BCUT2D eigenvalue weighted by Crippen LogP contribution is 2.14. The summed E-state index contributed by atoms with van der Waals surface area (Å²) in [6.45, 7) is 4.12. The van der Waals surface area contributed by atoms with Gasteiger partial charge in [-0.15, -0.1) is 11.3 Å². The van der Waals surface area contributed by atoms with E-state index in [9.17, 15) is 0 Å². The van der Waals surface area contributed by atoms with Crippen molar-refractivity contribution in [2.75, 3.05) is 5.73 Å². The summed E-state index contributed by atoms with van der Waals surface area (Å²) >= 11 is 1.64. The maximum Gasteiger partial charge on any atom is 0.137 e. The quantitative estimate of drug-likeness (QED) is 0.902. The third-order valence-corrected chi connectivity index (χ3v) is 3.29. The second-order valence-electron chi connectivity index (χ2n) is 4.01. The molecule has 0 aliphatic rings. The van der Waals surface area contributed by atoms with E-state index in [4.69, 9.17) is 5.73 Å². The van der Waals surface area contributed by atoms with Crippen molar-refractivity contribution in [3.05, 3.63) is 33.7 Å². The normalized spacial score (nSPS) is 10.7. The van der Waals surface area contributed by atoms with Gasteiger partial charge in [0.05, 0.1) is 6.42 Å². The Labute approximate surface area is 105 Å². The van der Waals surface area contributed by atoms with Gasteiger partial charge in [0, 0.05) is 22.8 Å². The van der Waals surface area contributed by atoms with Gasteiger partial charge in [-0.05, 0) is 13.3 Å². The molecule has 2 heterocycles. The van der Waals surface area contributed by atoms with Crippen molar-refractivity contribution < 1.29 is 0 Å². The van der Waals surface area contributed by atoms with Crippen LogP contribution in [0.4, 0.5) is 5.82 Å². The topological polar surface area (TPSA) is 64.7 Å². The lowest BCUT2D eigenvalue weighted by molar-refractivity contribution is 0.842. The molecule has 2 aromatic heterocycles. The molecular formula is C12H16N4S. The highest BCUT2D eigenvalue weighted by atomic mass is 32.1. The molecule has 0 aromatic carbocycles. The van der Waals surface area contributed by atoms with Crippen LogP contribution in [0, 0.1) is 6.92 Å². The summed E-state index contributed by atoms with van der Waals surface area (Å²) in [5.41, 5.74) is 7.84. The molecule has 2 N–H and O–H groups in total. The molecule has 0 saturated heterocycles. The van der Waals surface area contributed by atoms with Crippen LogP contribution in [0.15, 0.2) is 11.4 Å². The van der Waals surface area contributed by atoms with Gasteiger partial charge < -0.3 is 5.73 Å². The molecular weight excluding hydrogens is 232 g/mol. The summed E-state index contributed by atoms with van der Waals surface area (Å²) in [5.74, 6) is 1.31. The average molecular weight is 248 g/mol. The summed E-state index contributed by atoms with van der Waals surface area (Å²) in [5, 5.41) is 3.07. The monoisotopic (exact) mass is 248 g/mol. The van der Waals surface area contributed by atoms with Gasteiger partial charge in [-0.2, -0.15) is 0 Å². The summed E-state index contributed by atoms with van der Waals surface area (Å²) < 4.78 is 0. The number of hydrogen-bond donors (Lipinski definition) is 1. The van der Waals surface area contributed by atoms with E-state index in [1.54, 1.807) is 11.3 Å². The fourth-order valence-electron chi connectivity index (χ4n) is 1.66. The molecule has 2 rings (SSSR count). The summed E-state index contributed by atoms with van der Waals surface area (Å²) in [7, 11) is 0. The fraction of sp³-hybridized carbons (Fsp3) is 0.417. The largest absolute Gasteiger partial charge is 0.384 e. The van der Waals surface area contributed by atoms with E-state index in [1.807, 2.05) is 18.4 Å². The first-order valence-electron chi connectivity index (χ1n) is 5.70. The first-order valence-corrected chi connectivity index (χ1v) is 6.58. The lowest BCUT2D eigenvalue weighted by atomic mass is 10.2. The number of nitrogens with two attached hydrogens (primary N) is 1. The van der Waals surface area contributed by atoms with Crippen LogP contribution in [0.3, 0.4) is 0 Å². The zero-order valence-electron chi connectivity index (χ0n) is 10.1. The van der Waals surface area contributed by atoms with Gasteiger partial charge >= 0.3 is 0 Å². The van der Waals surface area contributed by atoms with Crippen molar-refractivity contribution in [3.63, 3.8) is 0 Å². The number of aryl methyl sites for hydroxylation is 2. The van der Waals surface area contributed by atoms with Gasteiger partial charge in [-0.25, -0.2) is 15.0 Å². The minimum Gasteiger partial charge on any atom is -0.384 e. The maximum absolute atomic E-state index is 5.78. The van der Waals surface area contributed by atoms with Crippen LogP contribution in [0.5, 0.6) is 0 Å². The third kappa shape index (κ3) is 3.23. The van der Waals surface area contributed by atoms with Crippen molar-refractivity contribution in [3.8, 4) is 0 Å². The molecule has 17 heavy (non-hydrogen) atoms. The van der Waals surface area contributed by atoms with E-state index in [2.05, 4.69) is 21.9 Å². The SMILES string of the molecule is CCCc1cc(N)nc(Cc2nc(C)cs2)n1. The van der Waals surface area contributed by atoms with E-state index in [-0.39, 0.29) is 0 Å². The molecule has 0 fully saturated rings. The third-order valence-electron chi connectivity index (χ3n) is 2.33. The summed E-state index contributed by atoms with van der Waals surface area (Å²) in [4.78, 5) is 13.2. The molecule has 0 bridgehead atoms. The Morgan fingerprint density at radius 3 is 2.76 bits per heavy atom. The van der Waals surface area contributed by atoms with Gasteiger partial charge in [0.15, 0.2) is 0 Å². The van der Waals surface area contributed by atoms with Gasteiger partial charge in [0.1, 0.15) is 16.6 Å². The highest BCUT2D eigenvalue weighted by Gasteiger charge is 2.06. The average Bonchev–Trinajstić information content (AvgIpc) is 2.63. The first-order chi connectivity index (χ1) is 8.17. The lowest BCUT2D eigenvalue weighted by Crippen LogP contribution is -2.04. The smallest absolute Gasteiger partial charge is 0.137 e. The van der Waals surface area contributed by atoms with Gasteiger partial charge in [0.2, 0.25) is 0 Å². The van der Waals surface area contributed by atoms with Crippen molar-refractivity contribution in [1.82, 2.24) is 15.0 Å². The van der Waals surface area contributed by atoms with Crippen LogP contribution < -0.4 is 5.73 Å². The van der Waals surface area contributed by atoms with Crippen LogP contribution >= 0.6 is 11.3 Å².